The van der Waals surface area contributed by atoms with Crippen LogP contribution in [0.3, 0.4) is 0 Å². The van der Waals surface area contributed by atoms with E-state index >= 15 is 0 Å². The van der Waals surface area contributed by atoms with Gasteiger partial charge in [0.15, 0.2) is 6.61 Å². The van der Waals surface area contributed by atoms with Gasteiger partial charge in [0.2, 0.25) is 0 Å². The highest BCUT2D eigenvalue weighted by atomic mass is 19.1. The Morgan fingerprint density at radius 1 is 1.29 bits per heavy atom. The number of hydrogen-bond acceptors (Lipinski definition) is 2. The van der Waals surface area contributed by atoms with Crippen LogP contribution in [0.2, 0.25) is 0 Å². The largest absolute Gasteiger partial charge is 0.628 e. The Kier molecular flexibility index (Phi) is 4.66. The van der Waals surface area contributed by atoms with Gasteiger partial charge in [-0.1, -0.05) is 0 Å². The Labute approximate surface area is 101 Å². The third-order valence-electron chi connectivity index (χ3n) is 2.82. The number of halogens is 1. The van der Waals surface area contributed by atoms with Crippen molar-refractivity contribution >= 4 is 0 Å². The smallest absolute Gasteiger partial charge is 0.162 e. The summed E-state index contributed by atoms with van der Waals surface area (Å²) >= 11 is 0. The normalized spacial score (nSPS) is 11.3. The standard InChI is InChI=1S/C13H18FNO2/c1-4-15(16,5-2)11(3)10-17-13-8-6-12(14)7-9-13/h6-9H,3-5,10H2,1-2H3. The number of ether oxygens (including phenoxy) is 1. The molecule has 4 heteroatoms. The molecule has 1 rings (SSSR count). The number of rotatable bonds is 6. The molecular formula is C13H18FNO2. The fourth-order valence-electron chi connectivity index (χ4n) is 1.49. The predicted molar refractivity (Wildman–Crippen MR) is 65.7 cm³/mol. The van der Waals surface area contributed by atoms with Crippen molar-refractivity contribution in [3.05, 3.63) is 47.6 Å². The molecule has 0 amide bonds. The first-order valence-electron chi connectivity index (χ1n) is 5.66. The van der Waals surface area contributed by atoms with Crippen molar-refractivity contribution < 1.29 is 13.8 Å². The molecule has 0 saturated heterocycles. The highest BCUT2D eigenvalue weighted by Gasteiger charge is 2.17. The number of benzene rings is 1. The number of likely N-dealkylation sites (N-methyl/N-ethyl adjacent to an activating group) is 1. The molecule has 0 heterocycles. The zero-order chi connectivity index (χ0) is 12.9. The van der Waals surface area contributed by atoms with E-state index in [1.165, 1.54) is 24.3 Å². The number of hydrogen-bond donors (Lipinski definition) is 0. The molecule has 1 aromatic carbocycles. The van der Waals surface area contributed by atoms with Gasteiger partial charge < -0.3 is 14.6 Å². The maximum absolute atomic E-state index is 12.7. The molecule has 0 radical (unpaired) electrons. The van der Waals surface area contributed by atoms with Gasteiger partial charge in [-0.3, -0.25) is 0 Å². The Bertz CT molecular complexity index is 372. The monoisotopic (exact) mass is 239 g/mol. The molecule has 0 unspecified atom stereocenters. The lowest BCUT2D eigenvalue weighted by molar-refractivity contribution is -0.839. The minimum Gasteiger partial charge on any atom is -0.628 e. The second kappa shape index (κ2) is 5.80. The summed E-state index contributed by atoms with van der Waals surface area (Å²) < 4.78 is 17.6. The van der Waals surface area contributed by atoms with Crippen LogP contribution in [-0.2, 0) is 0 Å². The van der Waals surface area contributed by atoms with Gasteiger partial charge in [0, 0.05) is 0 Å². The predicted octanol–water partition coefficient (Wildman–Crippen LogP) is 3.07. The first-order chi connectivity index (χ1) is 8.01. The van der Waals surface area contributed by atoms with Crippen LogP contribution in [0.1, 0.15) is 13.8 Å². The number of nitrogens with zero attached hydrogens (tertiary/aromatic N) is 1. The van der Waals surface area contributed by atoms with Gasteiger partial charge in [-0.2, -0.15) is 0 Å². The third-order valence-corrected chi connectivity index (χ3v) is 2.82. The van der Waals surface area contributed by atoms with E-state index in [1.54, 1.807) is 0 Å². The van der Waals surface area contributed by atoms with Crippen LogP contribution >= 0.6 is 0 Å². The van der Waals surface area contributed by atoms with Gasteiger partial charge in [-0.05, 0) is 44.7 Å². The Morgan fingerprint density at radius 3 is 2.29 bits per heavy atom. The lowest BCUT2D eigenvalue weighted by atomic mass is 10.3. The molecule has 17 heavy (non-hydrogen) atoms. The number of quaternary nitrogens is 1. The van der Waals surface area contributed by atoms with Crippen LogP contribution in [0, 0.1) is 11.0 Å². The summed E-state index contributed by atoms with van der Waals surface area (Å²) in [6, 6.07) is 5.69. The Hall–Kier alpha value is -1.39. The van der Waals surface area contributed by atoms with Crippen molar-refractivity contribution in [2.24, 2.45) is 0 Å². The molecule has 0 aliphatic heterocycles. The van der Waals surface area contributed by atoms with E-state index in [0.717, 1.165) is 0 Å². The van der Waals surface area contributed by atoms with Crippen molar-refractivity contribution in [3.8, 4) is 5.75 Å². The van der Waals surface area contributed by atoms with Crippen molar-refractivity contribution in [1.29, 1.82) is 0 Å². The summed E-state index contributed by atoms with van der Waals surface area (Å²) in [5, 5.41) is 12.1. The topological polar surface area (TPSA) is 32.3 Å². The van der Waals surface area contributed by atoms with Crippen molar-refractivity contribution in [1.82, 2.24) is 0 Å². The molecule has 0 atom stereocenters. The average Bonchev–Trinajstić information content (AvgIpc) is 2.36. The summed E-state index contributed by atoms with van der Waals surface area (Å²) in [6.45, 7) is 8.41. The minimum absolute atomic E-state index is 0.150. The van der Waals surface area contributed by atoms with Crippen LogP contribution in [0.4, 0.5) is 4.39 Å². The SMILES string of the molecule is C=C(COc1ccc(F)cc1)[N+]([O-])(CC)CC. The van der Waals surface area contributed by atoms with E-state index in [-0.39, 0.29) is 12.4 Å². The van der Waals surface area contributed by atoms with Gasteiger partial charge in [0.05, 0.1) is 13.1 Å². The Balaban J connectivity index is 2.56. The fraction of sp³-hybridized carbons (Fsp3) is 0.385. The molecule has 0 N–H and O–H groups in total. The highest BCUT2D eigenvalue weighted by Crippen LogP contribution is 2.17. The molecule has 0 fully saturated rings. The summed E-state index contributed by atoms with van der Waals surface area (Å²) in [5.74, 6) is 0.221. The molecule has 3 nitrogen and oxygen atoms in total. The first kappa shape index (κ1) is 13.7. The highest BCUT2D eigenvalue weighted by molar-refractivity contribution is 5.22. The van der Waals surface area contributed by atoms with Gasteiger partial charge >= 0.3 is 0 Å². The van der Waals surface area contributed by atoms with Crippen LogP contribution in [0.5, 0.6) is 5.75 Å². The zero-order valence-corrected chi connectivity index (χ0v) is 10.3. The zero-order valence-electron chi connectivity index (χ0n) is 10.3. The second-order valence-corrected chi connectivity index (χ2v) is 3.83. The van der Waals surface area contributed by atoms with Gasteiger partial charge in [0.1, 0.15) is 17.3 Å². The summed E-state index contributed by atoms with van der Waals surface area (Å²) in [4.78, 5) is 0. The molecule has 0 spiro atoms. The third kappa shape index (κ3) is 3.54. The van der Waals surface area contributed by atoms with E-state index in [0.29, 0.717) is 24.5 Å². The Morgan fingerprint density at radius 2 is 1.82 bits per heavy atom. The minimum atomic E-state index is -0.457. The molecule has 1 aromatic rings. The summed E-state index contributed by atoms with van der Waals surface area (Å²) in [6.07, 6.45) is 0. The molecule has 0 aliphatic carbocycles. The molecule has 0 saturated carbocycles. The molecule has 94 valence electrons. The van der Waals surface area contributed by atoms with Crippen LogP contribution in [0.15, 0.2) is 36.5 Å². The first-order valence-corrected chi connectivity index (χ1v) is 5.66. The molecule has 0 aromatic heterocycles. The van der Waals surface area contributed by atoms with Crippen molar-refractivity contribution in [2.45, 2.75) is 13.8 Å². The van der Waals surface area contributed by atoms with E-state index in [2.05, 4.69) is 6.58 Å². The summed E-state index contributed by atoms with van der Waals surface area (Å²) in [5.41, 5.74) is 0.472. The molecule has 0 bridgehead atoms. The van der Waals surface area contributed by atoms with E-state index < -0.39 is 4.65 Å². The van der Waals surface area contributed by atoms with Crippen molar-refractivity contribution in [3.63, 3.8) is 0 Å². The quantitative estimate of drug-likeness (QED) is 0.564. The maximum atomic E-state index is 12.7. The second-order valence-electron chi connectivity index (χ2n) is 3.83. The fourth-order valence-corrected chi connectivity index (χ4v) is 1.49. The summed E-state index contributed by atoms with van der Waals surface area (Å²) in [7, 11) is 0. The lowest BCUT2D eigenvalue weighted by Crippen LogP contribution is -2.42. The van der Waals surface area contributed by atoms with Gasteiger partial charge in [-0.15, -0.1) is 0 Å². The molecule has 0 aliphatic rings. The maximum Gasteiger partial charge on any atom is 0.162 e. The van der Waals surface area contributed by atoms with Crippen LogP contribution in [0.25, 0.3) is 0 Å². The van der Waals surface area contributed by atoms with E-state index in [1.807, 2.05) is 13.8 Å². The van der Waals surface area contributed by atoms with Crippen LogP contribution in [-0.4, -0.2) is 24.3 Å². The molecular weight excluding hydrogens is 221 g/mol. The average molecular weight is 239 g/mol. The van der Waals surface area contributed by atoms with E-state index in [9.17, 15) is 9.60 Å². The van der Waals surface area contributed by atoms with Crippen LogP contribution < -0.4 is 4.74 Å². The van der Waals surface area contributed by atoms with Crippen molar-refractivity contribution in [2.75, 3.05) is 19.7 Å². The van der Waals surface area contributed by atoms with E-state index in [4.69, 9.17) is 4.74 Å². The van der Waals surface area contributed by atoms with Gasteiger partial charge in [0.25, 0.3) is 0 Å². The van der Waals surface area contributed by atoms with Gasteiger partial charge in [-0.25, -0.2) is 4.39 Å². The lowest BCUT2D eigenvalue weighted by Gasteiger charge is -2.41. The number of hydroxylamine groups is 3.